The zero-order chi connectivity index (χ0) is 12.5. The molecule has 0 aliphatic heterocycles. The highest BCUT2D eigenvalue weighted by molar-refractivity contribution is 5.12. The highest BCUT2D eigenvalue weighted by Crippen LogP contribution is 2.64. The minimum Gasteiger partial charge on any atom is -0.393 e. The molecule has 2 nitrogen and oxygen atoms in total. The van der Waals surface area contributed by atoms with Gasteiger partial charge in [0.25, 0.3) is 0 Å². The lowest BCUT2D eigenvalue weighted by Gasteiger charge is -2.58. The molecule has 5 atom stereocenters. The third kappa shape index (κ3) is 1.53. The molecule has 17 heavy (non-hydrogen) atoms. The van der Waals surface area contributed by atoms with E-state index in [2.05, 4.69) is 20.8 Å². The summed E-state index contributed by atoms with van der Waals surface area (Å²) in [4.78, 5) is 0. The first-order valence-electron chi connectivity index (χ1n) is 7.17. The van der Waals surface area contributed by atoms with E-state index in [0.717, 1.165) is 25.7 Å². The van der Waals surface area contributed by atoms with E-state index >= 15 is 0 Å². The lowest BCUT2D eigenvalue weighted by molar-refractivity contribution is -0.176. The zero-order valence-electron chi connectivity index (χ0n) is 11.4. The van der Waals surface area contributed by atoms with Gasteiger partial charge in [0.05, 0.1) is 11.7 Å². The predicted molar refractivity (Wildman–Crippen MR) is 67.5 cm³/mol. The molecule has 0 unspecified atom stereocenters. The Bertz CT molecular complexity index is 338. The lowest BCUT2D eigenvalue weighted by atomic mass is 9.49. The normalized spacial score (nSPS) is 56.6. The molecule has 3 rings (SSSR count). The molecular formula is C15H26O2. The number of aliphatic hydroxyl groups is 2. The van der Waals surface area contributed by atoms with Gasteiger partial charge in [0.15, 0.2) is 0 Å². The molecular weight excluding hydrogens is 212 g/mol. The lowest BCUT2D eigenvalue weighted by Crippen LogP contribution is -2.57. The molecule has 3 aliphatic rings. The van der Waals surface area contributed by atoms with Gasteiger partial charge in [-0.05, 0) is 61.2 Å². The minimum absolute atomic E-state index is 0.0413. The van der Waals surface area contributed by atoms with E-state index in [1.54, 1.807) is 0 Å². The number of rotatable bonds is 0. The molecule has 3 saturated carbocycles. The van der Waals surface area contributed by atoms with Crippen LogP contribution in [0.25, 0.3) is 0 Å². The van der Waals surface area contributed by atoms with Crippen molar-refractivity contribution in [2.24, 2.45) is 22.7 Å². The summed E-state index contributed by atoms with van der Waals surface area (Å²) < 4.78 is 0. The van der Waals surface area contributed by atoms with Crippen LogP contribution in [0.5, 0.6) is 0 Å². The first kappa shape index (κ1) is 12.0. The molecule has 3 fully saturated rings. The second-order valence-corrected chi connectivity index (χ2v) is 7.93. The minimum atomic E-state index is -0.481. The van der Waals surface area contributed by atoms with Crippen LogP contribution >= 0.6 is 0 Å². The van der Waals surface area contributed by atoms with Crippen molar-refractivity contribution in [3.63, 3.8) is 0 Å². The van der Waals surface area contributed by atoms with E-state index < -0.39 is 5.60 Å². The molecule has 0 aromatic rings. The molecule has 3 aliphatic carbocycles. The van der Waals surface area contributed by atoms with Crippen LogP contribution < -0.4 is 0 Å². The first-order valence-corrected chi connectivity index (χ1v) is 7.17. The quantitative estimate of drug-likeness (QED) is 0.681. The first-order chi connectivity index (χ1) is 7.77. The average molecular weight is 238 g/mol. The molecule has 2 N–H and O–H groups in total. The third-order valence-corrected chi connectivity index (χ3v) is 6.32. The second kappa shape index (κ2) is 3.27. The van der Waals surface area contributed by atoms with Crippen molar-refractivity contribution in [1.82, 2.24) is 0 Å². The van der Waals surface area contributed by atoms with Crippen molar-refractivity contribution >= 4 is 0 Å². The van der Waals surface area contributed by atoms with Gasteiger partial charge >= 0.3 is 0 Å². The summed E-state index contributed by atoms with van der Waals surface area (Å²) in [5.74, 6) is 1.16. The van der Waals surface area contributed by atoms with Crippen molar-refractivity contribution in [1.29, 1.82) is 0 Å². The monoisotopic (exact) mass is 238 g/mol. The molecule has 0 radical (unpaired) electrons. The maximum atomic E-state index is 11.0. The van der Waals surface area contributed by atoms with Crippen molar-refractivity contribution in [3.05, 3.63) is 0 Å². The summed E-state index contributed by atoms with van der Waals surface area (Å²) >= 11 is 0. The summed E-state index contributed by atoms with van der Waals surface area (Å²) in [6, 6.07) is 0. The van der Waals surface area contributed by atoms with Gasteiger partial charge < -0.3 is 10.2 Å². The topological polar surface area (TPSA) is 40.5 Å². The van der Waals surface area contributed by atoms with E-state index in [9.17, 15) is 10.2 Å². The van der Waals surface area contributed by atoms with Gasteiger partial charge in [-0.15, -0.1) is 0 Å². The maximum Gasteiger partial charge on any atom is 0.0686 e. The summed E-state index contributed by atoms with van der Waals surface area (Å²) in [6.45, 7) is 6.86. The third-order valence-electron chi connectivity index (χ3n) is 6.32. The molecule has 0 aromatic heterocycles. The average Bonchev–Trinajstić information content (AvgIpc) is 2.28. The Morgan fingerprint density at radius 2 is 1.71 bits per heavy atom. The van der Waals surface area contributed by atoms with Crippen LogP contribution in [0.2, 0.25) is 0 Å². The van der Waals surface area contributed by atoms with Crippen LogP contribution in [0.3, 0.4) is 0 Å². The standard InChI is InChI=1S/C15H26O2/c1-13(2)8-11-10(13)4-6-14(3)9-15(11,17)7-5-12(14)16/h10-12,16-17H,4-9H2,1-3H3/t10-,11-,12+,14+,15-/m1/s1. The molecule has 2 bridgehead atoms. The van der Waals surface area contributed by atoms with Gasteiger partial charge in [-0.25, -0.2) is 0 Å². The van der Waals surface area contributed by atoms with Gasteiger partial charge in [-0.1, -0.05) is 20.8 Å². The van der Waals surface area contributed by atoms with Crippen molar-refractivity contribution in [2.75, 3.05) is 0 Å². The van der Waals surface area contributed by atoms with Gasteiger partial charge in [0.1, 0.15) is 0 Å². The molecule has 2 heteroatoms. The molecule has 0 heterocycles. The fourth-order valence-corrected chi connectivity index (χ4v) is 5.10. The van der Waals surface area contributed by atoms with Crippen LogP contribution in [0, 0.1) is 22.7 Å². The second-order valence-electron chi connectivity index (χ2n) is 7.93. The molecule has 0 amide bonds. The maximum absolute atomic E-state index is 11.0. The van der Waals surface area contributed by atoms with Gasteiger partial charge in [-0.2, -0.15) is 0 Å². The fraction of sp³-hybridized carbons (Fsp3) is 1.00. The van der Waals surface area contributed by atoms with Crippen LogP contribution in [0.4, 0.5) is 0 Å². The largest absolute Gasteiger partial charge is 0.393 e. The molecule has 0 spiro atoms. The highest BCUT2D eigenvalue weighted by atomic mass is 16.3. The zero-order valence-corrected chi connectivity index (χ0v) is 11.4. The SMILES string of the molecule is CC1(C)C[C@@H]2[C@H]1CC[C@@]1(C)C[C@]2(O)CC[C@@H]1O. The summed E-state index contributed by atoms with van der Waals surface area (Å²) in [5.41, 5.74) is -0.121. The summed E-state index contributed by atoms with van der Waals surface area (Å²) in [5, 5.41) is 21.2. The smallest absolute Gasteiger partial charge is 0.0686 e. The molecule has 0 aromatic carbocycles. The van der Waals surface area contributed by atoms with Crippen LogP contribution in [0.1, 0.15) is 59.3 Å². The van der Waals surface area contributed by atoms with Gasteiger partial charge in [-0.3, -0.25) is 0 Å². The Labute approximate surface area is 104 Å². The number of aliphatic hydroxyl groups excluding tert-OH is 1. The van der Waals surface area contributed by atoms with Crippen molar-refractivity contribution < 1.29 is 10.2 Å². The van der Waals surface area contributed by atoms with Gasteiger partial charge in [0.2, 0.25) is 0 Å². The Morgan fingerprint density at radius 3 is 2.35 bits per heavy atom. The highest BCUT2D eigenvalue weighted by Gasteiger charge is 2.61. The van der Waals surface area contributed by atoms with E-state index in [-0.39, 0.29) is 11.5 Å². The Balaban J connectivity index is 1.93. The molecule has 98 valence electrons. The Morgan fingerprint density at radius 1 is 1.00 bits per heavy atom. The number of fused-ring (bicyclic) bond motifs is 4. The Kier molecular flexibility index (Phi) is 2.30. The summed E-state index contributed by atoms with van der Waals surface area (Å²) in [6.07, 6.45) is 5.65. The Hall–Kier alpha value is -0.0800. The van der Waals surface area contributed by atoms with E-state index in [4.69, 9.17) is 0 Å². The fourth-order valence-electron chi connectivity index (χ4n) is 5.10. The summed E-state index contributed by atoms with van der Waals surface area (Å²) in [7, 11) is 0. The van der Waals surface area contributed by atoms with Crippen LogP contribution in [-0.4, -0.2) is 21.9 Å². The van der Waals surface area contributed by atoms with E-state index in [1.807, 2.05) is 0 Å². The van der Waals surface area contributed by atoms with E-state index in [0.29, 0.717) is 17.3 Å². The van der Waals surface area contributed by atoms with E-state index in [1.165, 1.54) is 12.8 Å². The number of hydrogen-bond acceptors (Lipinski definition) is 2. The van der Waals surface area contributed by atoms with Crippen molar-refractivity contribution in [2.45, 2.75) is 71.0 Å². The number of hydrogen-bond donors (Lipinski definition) is 2. The molecule has 0 saturated heterocycles. The predicted octanol–water partition coefficient (Wildman–Crippen LogP) is 2.72. The van der Waals surface area contributed by atoms with Crippen LogP contribution in [-0.2, 0) is 0 Å². The van der Waals surface area contributed by atoms with Crippen LogP contribution in [0.15, 0.2) is 0 Å². The van der Waals surface area contributed by atoms with Crippen molar-refractivity contribution in [3.8, 4) is 0 Å². The van der Waals surface area contributed by atoms with Gasteiger partial charge in [0, 0.05) is 0 Å².